The third-order valence-corrected chi connectivity index (χ3v) is 6.48. The maximum Gasteiger partial charge on any atom is 0.230 e. The van der Waals surface area contributed by atoms with Crippen LogP contribution in [0.4, 0.5) is 0 Å². The van der Waals surface area contributed by atoms with Gasteiger partial charge in [0, 0.05) is 38.7 Å². The van der Waals surface area contributed by atoms with Crippen LogP contribution in [0.15, 0.2) is 18.2 Å². The highest BCUT2D eigenvalue weighted by atomic mass is 32.1. The van der Waals surface area contributed by atoms with E-state index in [9.17, 15) is 9.90 Å². The lowest BCUT2D eigenvalue weighted by Crippen LogP contribution is -2.49. The number of aromatic nitrogens is 3. The second-order valence-corrected chi connectivity index (χ2v) is 8.20. The smallest absolute Gasteiger partial charge is 0.230 e. The Balaban J connectivity index is 1.82. The van der Waals surface area contributed by atoms with Gasteiger partial charge in [-0.25, -0.2) is 4.98 Å². The summed E-state index contributed by atoms with van der Waals surface area (Å²) in [5.41, 5.74) is 0.879. The number of nitrogens with zero attached hydrogens (tertiary/aromatic N) is 5. The van der Waals surface area contributed by atoms with Gasteiger partial charge in [-0.2, -0.15) is 4.52 Å². The number of methoxy groups -OCH3 is 2. The number of amides is 1. The Morgan fingerprint density at radius 3 is 2.53 bits per heavy atom. The van der Waals surface area contributed by atoms with Crippen molar-refractivity contribution >= 4 is 22.2 Å². The monoisotopic (exact) mass is 431 g/mol. The van der Waals surface area contributed by atoms with Crippen LogP contribution >= 0.6 is 11.3 Å². The molecule has 2 aromatic heterocycles. The average Bonchev–Trinajstić information content (AvgIpc) is 3.25. The van der Waals surface area contributed by atoms with E-state index in [1.165, 1.54) is 15.9 Å². The molecular formula is C20H25N5O4S. The Morgan fingerprint density at radius 2 is 1.93 bits per heavy atom. The number of benzene rings is 1. The molecule has 0 saturated carbocycles. The molecule has 1 N–H and O–H groups in total. The van der Waals surface area contributed by atoms with Crippen molar-refractivity contribution in [2.45, 2.75) is 19.9 Å². The van der Waals surface area contributed by atoms with Crippen molar-refractivity contribution in [1.82, 2.24) is 24.4 Å². The van der Waals surface area contributed by atoms with Crippen LogP contribution in [0.3, 0.4) is 0 Å². The van der Waals surface area contributed by atoms with Gasteiger partial charge in [-0.15, -0.1) is 5.10 Å². The summed E-state index contributed by atoms with van der Waals surface area (Å²) in [5.74, 6) is 2.15. The molecule has 1 amide bonds. The SMILES string of the molecule is COc1ccc(OC)c(C(c2sc3nc(C)nn3c2O)N2CCN(C(C)=O)CC2)c1. The number of hydrogen-bond acceptors (Lipinski definition) is 8. The predicted octanol–water partition coefficient (Wildman–Crippen LogP) is 2.08. The maximum absolute atomic E-state index is 11.8. The van der Waals surface area contributed by atoms with Crippen molar-refractivity contribution in [3.8, 4) is 17.4 Å². The van der Waals surface area contributed by atoms with Crippen LogP contribution in [-0.4, -0.2) is 75.8 Å². The predicted molar refractivity (Wildman–Crippen MR) is 112 cm³/mol. The molecule has 10 heteroatoms. The van der Waals surface area contributed by atoms with E-state index in [2.05, 4.69) is 15.0 Å². The van der Waals surface area contributed by atoms with Gasteiger partial charge >= 0.3 is 0 Å². The van der Waals surface area contributed by atoms with Crippen molar-refractivity contribution in [2.24, 2.45) is 0 Å². The minimum atomic E-state index is -0.294. The summed E-state index contributed by atoms with van der Waals surface area (Å²) < 4.78 is 12.6. The van der Waals surface area contributed by atoms with Gasteiger partial charge in [0.05, 0.1) is 25.1 Å². The maximum atomic E-state index is 11.8. The zero-order chi connectivity index (χ0) is 21.4. The van der Waals surface area contributed by atoms with Crippen LogP contribution in [-0.2, 0) is 4.79 Å². The molecule has 1 unspecified atom stereocenters. The van der Waals surface area contributed by atoms with Crippen LogP contribution in [0.25, 0.3) is 4.96 Å². The zero-order valence-electron chi connectivity index (χ0n) is 17.5. The highest BCUT2D eigenvalue weighted by Crippen LogP contribution is 2.44. The summed E-state index contributed by atoms with van der Waals surface area (Å²) in [7, 11) is 3.25. The van der Waals surface area contributed by atoms with Gasteiger partial charge in [0.15, 0.2) is 0 Å². The molecule has 4 rings (SSSR count). The van der Waals surface area contributed by atoms with Crippen LogP contribution in [0.5, 0.6) is 17.4 Å². The van der Waals surface area contributed by atoms with Crippen molar-refractivity contribution < 1.29 is 19.4 Å². The standard InChI is InChI=1S/C20H25N5O4S/c1-12-21-20-25(22-12)19(27)18(30-20)17(24-9-7-23(8-10-24)13(2)26)15-11-14(28-3)5-6-16(15)29-4/h5-6,11,17,27H,7-10H2,1-4H3. The number of thiazole rings is 1. The molecule has 1 aliphatic rings. The largest absolute Gasteiger partial charge is 0.497 e. The van der Waals surface area contributed by atoms with Crippen molar-refractivity contribution in [2.75, 3.05) is 40.4 Å². The van der Waals surface area contributed by atoms with E-state index in [0.717, 1.165) is 10.4 Å². The van der Waals surface area contributed by atoms with Gasteiger partial charge in [-0.3, -0.25) is 9.69 Å². The van der Waals surface area contributed by atoms with E-state index in [0.29, 0.717) is 48.5 Å². The lowest BCUT2D eigenvalue weighted by atomic mass is 10.0. The molecule has 0 aliphatic carbocycles. The van der Waals surface area contributed by atoms with Crippen molar-refractivity contribution in [1.29, 1.82) is 0 Å². The fourth-order valence-electron chi connectivity index (χ4n) is 3.88. The van der Waals surface area contributed by atoms with Crippen LogP contribution in [0.2, 0.25) is 0 Å². The molecule has 1 aliphatic heterocycles. The van der Waals surface area contributed by atoms with E-state index in [4.69, 9.17) is 9.47 Å². The molecule has 160 valence electrons. The van der Waals surface area contributed by atoms with Gasteiger partial charge in [-0.1, -0.05) is 11.3 Å². The van der Waals surface area contributed by atoms with E-state index < -0.39 is 0 Å². The lowest BCUT2D eigenvalue weighted by Gasteiger charge is -2.39. The van der Waals surface area contributed by atoms with Crippen LogP contribution < -0.4 is 9.47 Å². The Hall–Kier alpha value is -2.85. The number of ether oxygens (including phenoxy) is 2. The molecule has 1 saturated heterocycles. The minimum absolute atomic E-state index is 0.0690. The summed E-state index contributed by atoms with van der Waals surface area (Å²) in [5, 5.41) is 15.3. The van der Waals surface area contributed by atoms with Crippen LogP contribution in [0.1, 0.15) is 29.2 Å². The summed E-state index contributed by atoms with van der Waals surface area (Å²) in [6, 6.07) is 5.35. The number of aryl methyl sites for hydroxylation is 1. The Bertz CT molecular complexity index is 1070. The first-order valence-electron chi connectivity index (χ1n) is 9.69. The van der Waals surface area contributed by atoms with E-state index in [-0.39, 0.29) is 17.8 Å². The van der Waals surface area contributed by atoms with E-state index >= 15 is 0 Å². The first kappa shape index (κ1) is 20.4. The highest BCUT2D eigenvalue weighted by Gasteiger charge is 2.34. The summed E-state index contributed by atoms with van der Waals surface area (Å²) in [6.45, 7) is 5.96. The summed E-state index contributed by atoms with van der Waals surface area (Å²) >= 11 is 1.40. The molecule has 1 atom stereocenters. The number of rotatable bonds is 5. The number of aromatic hydroxyl groups is 1. The Kier molecular flexibility index (Phi) is 5.52. The van der Waals surface area contributed by atoms with Gasteiger partial charge < -0.3 is 19.5 Å². The summed E-state index contributed by atoms with van der Waals surface area (Å²) in [4.78, 5) is 21.6. The Morgan fingerprint density at radius 1 is 1.20 bits per heavy atom. The van der Waals surface area contributed by atoms with Gasteiger partial charge in [-0.05, 0) is 25.1 Å². The van der Waals surface area contributed by atoms with Gasteiger partial charge in [0.25, 0.3) is 0 Å². The zero-order valence-corrected chi connectivity index (χ0v) is 18.3. The molecule has 30 heavy (non-hydrogen) atoms. The number of piperazine rings is 1. The van der Waals surface area contributed by atoms with Crippen molar-refractivity contribution in [3.63, 3.8) is 0 Å². The molecule has 1 aromatic carbocycles. The molecule has 0 radical (unpaired) electrons. The lowest BCUT2D eigenvalue weighted by molar-refractivity contribution is -0.130. The molecule has 3 aromatic rings. The topological polar surface area (TPSA) is 92.4 Å². The number of carbonyl (C=O) groups is 1. The first-order valence-corrected chi connectivity index (χ1v) is 10.5. The molecule has 0 bridgehead atoms. The second-order valence-electron chi connectivity index (χ2n) is 7.20. The number of carbonyl (C=O) groups excluding carboxylic acids is 1. The fraction of sp³-hybridized carbons (Fsp3) is 0.450. The third-order valence-electron chi connectivity index (χ3n) is 5.41. The molecule has 3 heterocycles. The fourth-order valence-corrected chi connectivity index (χ4v) is 5.03. The molecule has 1 fully saturated rings. The molecule has 9 nitrogen and oxygen atoms in total. The normalized spacial score (nSPS) is 16.1. The first-order chi connectivity index (χ1) is 14.4. The second kappa shape index (κ2) is 8.11. The van der Waals surface area contributed by atoms with E-state index in [1.54, 1.807) is 28.1 Å². The number of fused-ring (bicyclic) bond motifs is 1. The van der Waals surface area contributed by atoms with Gasteiger partial charge in [0.2, 0.25) is 16.7 Å². The number of hydrogen-bond donors (Lipinski definition) is 1. The molecule has 0 spiro atoms. The van der Waals surface area contributed by atoms with Crippen molar-refractivity contribution in [3.05, 3.63) is 34.5 Å². The average molecular weight is 432 g/mol. The third kappa shape index (κ3) is 3.56. The quantitative estimate of drug-likeness (QED) is 0.661. The minimum Gasteiger partial charge on any atom is -0.497 e. The highest BCUT2D eigenvalue weighted by molar-refractivity contribution is 7.17. The van der Waals surface area contributed by atoms with Crippen LogP contribution in [0, 0.1) is 6.92 Å². The van der Waals surface area contributed by atoms with Gasteiger partial charge in [0.1, 0.15) is 17.3 Å². The summed E-state index contributed by atoms with van der Waals surface area (Å²) in [6.07, 6.45) is 0. The Labute approximate surface area is 178 Å². The van der Waals surface area contributed by atoms with E-state index in [1.807, 2.05) is 23.1 Å². The molecular weight excluding hydrogens is 406 g/mol.